The zero-order valence-corrected chi connectivity index (χ0v) is 15.4. The minimum atomic E-state index is -4.36. The third kappa shape index (κ3) is 4.90. The largest absolute Gasteiger partial charge is 0.416 e. The highest BCUT2D eigenvalue weighted by molar-refractivity contribution is 5.76. The predicted molar refractivity (Wildman–Crippen MR) is 99.4 cm³/mol. The van der Waals surface area contributed by atoms with Gasteiger partial charge in [-0.15, -0.1) is 0 Å². The number of nitrogens with one attached hydrogen (secondary N) is 1. The summed E-state index contributed by atoms with van der Waals surface area (Å²) >= 11 is 0. The first-order valence-electron chi connectivity index (χ1n) is 9.41. The molecule has 3 rings (SSSR count). The maximum Gasteiger partial charge on any atom is 0.416 e. The summed E-state index contributed by atoms with van der Waals surface area (Å²) in [6.07, 6.45) is 0.582. The number of rotatable bonds is 5. The lowest BCUT2D eigenvalue weighted by atomic mass is 9.86. The molecule has 0 radical (unpaired) electrons. The Balaban J connectivity index is 1.60. The molecule has 1 aliphatic carbocycles. The van der Waals surface area contributed by atoms with Crippen LogP contribution in [0.2, 0.25) is 0 Å². The van der Waals surface area contributed by atoms with Crippen molar-refractivity contribution in [3.63, 3.8) is 0 Å². The van der Waals surface area contributed by atoms with Gasteiger partial charge < -0.3 is 5.32 Å². The molecule has 2 aromatic carbocycles. The van der Waals surface area contributed by atoms with Crippen molar-refractivity contribution in [1.29, 1.82) is 0 Å². The van der Waals surface area contributed by atoms with Crippen LogP contribution in [-0.4, -0.2) is 5.91 Å². The summed E-state index contributed by atoms with van der Waals surface area (Å²) in [6, 6.07) is 11.3. The second-order valence-electron chi connectivity index (χ2n) is 7.18. The minimum absolute atomic E-state index is 0.105. The van der Waals surface area contributed by atoms with Gasteiger partial charge in [0.15, 0.2) is 0 Å². The van der Waals surface area contributed by atoms with E-state index in [1.165, 1.54) is 30.0 Å². The van der Waals surface area contributed by atoms with Crippen LogP contribution in [0.3, 0.4) is 0 Å². The smallest absolute Gasteiger partial charge is 0.350 e. The molecule has 1 aliphatic rings. The molecule has 2 nitrogen and oxygen atoms in total. The molecule has 1 amide bonds. The maximum atomic E-state index is 12.8. The number of benzene rings is 2. The average Bonchev–Trinajstić information content (AvgIpc) is 2.65. The van der Waals surface area contributed by atoms with Gasteiger partial charge in [0.05, 0.1) is 11.6 Å². The second kappa shape index (κ2) is 8.15. The summed E-state index contributed by atoms with van der Waals surface area (Å²) in [7, 11) is 0. The van der Waals surface area contributed by atoms with Gasteiger partial charge in [0.1, 0.15) is 0 Å². The first-order chi connectivity index (χ1) is 12.8. The van der Waals surface area contributed by atoms with Crippen molar-refractivity contribution in [3.05, 3.63) is 70.3 Å². The van der Waals surface area contributed by atoms with E-state index >= 15 is 0 Å². The number of aryl methyl sites for hydroxylation is 2. The highest BCUT2D eigenvalue weighted by Crippen LogP contribution is 2.30. The normalized spacial score (nSPS) is 15.1. The standard InChI is InChI=1S/C22H24F3NO/c1-15(19-11-5-8-17-7-2-3-10-20(17)19)26-21(27)13-12-16-6-4-9-18(14-16)22(23,24)25/h4-6,8-9,11,14-15H,2-3,7,10,12-13H2,1H3,(H,26,27)/t15-/m1/s1. The van der Waals surface area contributed by atoms with Gasteiger partial charge in [-0.25, -0.2) is 0 Å². The number of alkyl halides is 3. The zero-order chi connectivity index (χ0) is 19.4. The molecule has 27 heavy (non-hydrogen) atoms. The van der Waals surface area contributed by atoms with Crippen molar-refractivity contribution < 1.29 is 18.0 Å². The van der Waals surface area contributed by atoms with Crippen molar-refractivity contribution in [1.82, 2.24) is 5.32 Å². The molecule has 0 spiro atoms. The number of hydrogen-bond donors (Lipinski definition) is 1. The molecule has 0 fully saturated rings. The molecule has 0 bridgehead atoms. The van der Waals surface area contributed by atoms with Gasteiger partial charge in [-0.2, -0.15) is 13.2 Å². The van der Waals surface area contributed by atoms with Crippen molar-refractivity contribution >= 4 is 5.91 Å². The third-order valence-electron chi connectivity index (χ3n) is 5.17. The van der Waals surface area contributed by atoms with Gasteiger partial charge in [-0.3, -0.25) is 4.79 Å². The molecule has 5 heteroatoms. The van der Waals surface area contributed by atoms with E-state index in [0.29, 0.717) is 5.56 Å². The van der Waals surface area contributed by atoms with E-state index < -0.39 is 11.7 Å². The molecular formula is C22H24F3NO. The first kappa shape index (κ1) is 19.5. The fourth-order valence-electron chi connectivity index (χ4n) is 3.77. The van der Waals surface area contributed by atoms with Crippen molar-refractivity contribution in [2.45, 2.75) is 57.7 Å². The SMILES string of the molecule is C[C@@H](NC(=O)CCc1cccc(C(F)(F)F)c1)c1cccc2c1CCCC2. The summed E-state index contributed by atoms with van der Waals surface area (Å²) in [5.74, 6) is -0.145. The minimum Gasteiger partial charge on any atom is -0.350 e. The Morgan fingerprint density at radius 3 is 2.63 bits per heavy atom. The molecule has 0 aliphatic heterocycles. The molecule has 2 aromatic rings. The summed E-state index contributed by atoms with van der Waals surface area (Å²) in [6.45, 7) is 1.96. The molecule has 0 saturated heterocycles. The Bertz CT molecular complexity index is 813. The van der Waals surface area contributed by atoms with E-state index in [9.17, 15) is 18.0 Å². The Hall–Kier alpha value is -2.30. The van der Waals surface area contributed by atoms with Gasteiger partial charge in [0.2, 0.25) is 5.91 Å². The Morgan fingerprint density at radius 1 is 1.11 bits per heavy atom. The van der Waals surface area contributed by atoms with E-state index in [2.05, 4.69) is 17.4 Å². The van der Waals surface area contributed by atoms with Gasteiger partial charge in [-0.1, -0.05) is 36.4 Å². The molecule has 0 heterocycles. The monoisotopic (exact) mass is 375 g/mol. The number of carbonyl (C=O) groups excluding carboxylic acids is 1. The quantitative estimate of drug-likeness (QED) is 0.745. The van der Waals surface area contributed by atoms with Crippen molar-refractivity contribution in [2.24, 2.45) is 0 Å². The fraction of sp³-hybridized carbons (Fsp3) is 0.409. The van der Waals surface area contributed by atoms with Crippen LogP contribution in [0.5, 0.6) is 0 Å². The summed E-state index contributed by atoms with van der Waals surface area (Å²) in [5.41, 5.74) is 3.70. The van der Waals surface area contributed by atoms with Gasteiger partial charge in [0.25, 0.3) is 0 Å². The lowest BCUT2D eigenvalue weighted by Crippen LogP contribution is -2.28. The lowest BCUT2D eigenvalue weighted by Gasteiger charge is -2.23. The molecular weight excluding hydrogens is 351 g/mol. The van der Waals surface area contributed by atoms with Gasteiger partial charge in [-0.05, 0) is 67.3 Å². The van der Waals surface area contributed by atoms with Crippen LogP contribution in [0.4, 0.5) is 13.2 Å². The molecule has 1 N–H and O–H groups in total. The average molecular weight is 375 g/mol. The van der Waals surface area contributed by atoms with Crippen LogP contribution in [0.15, 0.2) is 42.5 Å². The number of fused-ring (bicyclic) bond motifs is 1. The predicted octanol–water partition coefficient (Wildman–Crippen LogP) is 5.39. The first-order valence-corrected chi connectivity index (χ1v) is 9.41. The van der Waals surface area contributed by atoms with Crippen LogP contribution < -0.4 is 5.32 Å². The van der Waals surface area contributed by atoms with E-state index in [-0.39, 0.29) is 24.8 Å². The number of halogens is 3. The lowest BCUT2D eigenvalue weighted by molar-refractivity contribution is -0.137. The van der Waals surface area contributed by atoms with E-state index in [0.717, 1.165) is 30.5 Å². The van der Waals surface area contributed by atoms with Crippen LogP contribution in [0.25, 0.3) is 0 Å². The molecule has 0 saturated carbocycles. The van der Waals surface area contributed by atoms with Crippen LogP contribution >= 0.6 is 0 Å². The Morgan fingerprint density at radius 2 is 1.85 bits per heavy atom. The summed E-state index contributed by atoms with van der Waals surface area (Å²) in [5, 5.41) is 3.00. The van der Waals surface area contributed by atoms with Crippen molar-refractivity contribution in [3.8, 4) is 0 Å². The number of hydrogen-bond acceptors (Lipinski definition) is 1. The topological polar surface area (TPSA) is 29.1 Å². The molecule has 0 aromatic heterocycles. The van der Waals surface area contributed by atoms with Gasteiger partial charge in [0, 0.05) is 6.42 Å². The van der Waals surface area contributed by atoms with Crippen molar-refractivity contribution in [2.75, 3.05) is 0 Å². The van der Waals surface area contributed by atoms with E-state index in [4.69, 9.17) is 0 Å². The highest BCUT2D eigenvalue weighted by Gasteiger charge is 2.30. The number of carbonyl (C=O) groups is 1. The molecule has 0 unspecified atom stereocenters. The molecule has 1 atom stereocenters. The summed E-state index contributed by atoms with van der Waals surface area (Å²) < 4.78 is 38.4. The second-order valence-corrected chi connectivity index (χ2v) is 7.18. The van der Waals surface area contributed by atoms with Crippen LogP contribution in [-0.2, 0) is 30.2 Å². The van der Waals surface area contributed by atoms with Crippen LogP contribution in [0, 0.1) is 0 Å². The number of amides is 1. The van der Waals surface area contributed by atoms with Crippen LogP contribution in [0.1, 0.15) is 60.0 Å². The van der Waals surface area contributed by atoms with Gasteiger partial charge >= 0.3 is 6.18 Å². The Kier molecular flexibility index (Phi) is 5.88. The van der Waals surface area contributed by atoms with E-state index in [1.54, 1.807) is 6.07 Å². The maximum absolute atomic E-state index is 12.8. The zero-order valence-electron chi connectivity index (χ0n) is 15.4. The Labute approximate surface area is 157 Å². The highest BCUT2D eigenvalue weighted by atomic mass is 19.4. The van der Waals surface area contributed by atoms with E-state index in [1.807, 2.05) is 13.0 Å². The molecule has 144 valence electrons. The third-order valence-corrected chi connectivity index (χ3v) is 5.17. The fourth-order valence-corrected chi connectivity index (χ4v) is 3.77. The summed E-state index contributed by atoms with van der Waals surface area (Å²) in [4.78, 5) is 12.3.